The standard InChI is InChI=1S/C10H20N2O.2ClH/c1-13-10-3-6-12(7-4-10)9-2-5-11-8-9;;/h9-11H,2-8H2,1H3;2*1H. The number of rotatable bonds is 2. The first kappa shape index (κ1) is 15.5. The van der Waals surface area contributed by atoms with Crippen molar-refractivity contribution in [2.45, 2.75) is 31.4 Å². The minimum atomic E-state index is 0. The predicted octanol–water partition coefficient (Wildman–Crippen LogP) is 1.30. The maximum Gasteiger partial charge on any atom is 0.0595 e. The third kappa shape index (κ3) is 4.08. The second-order valence-electron chi connectivity index (χ2n) is 4.12. The van der Waals surface area contributed by atoms with Crippen LogP contribution in [0.2, 0.25) is 0 Å². The number of nitrogens with one attached hydrogen (secondary N) is 1. The van der Waals surface area contributed by atoms with Gasteiger partial charge in [-0.25, -0.2) is 0 Å². The van der Waals surface area contributed by atoms with E-state index in [1.807, 2.05) is 7.11 Å². The maximum absolute atomic E-state index is 5.36. The summed E-state index contributed by atoms with van der Waals surface area (Å²) in [6.07, 6.45) is 4.28. The van der Waals surface area contributed by atoms with Crippen molar-refractivity contribution in [1.29, 1.82) is 0 Å². The van der Waals surface area contributed by atoms with Gasteiger partial charge in [-0.05, 0) is 25.8 Å². The van der Waals surface area contributed by atoms with Gasteiger partial charge >= 0.3 is 0 Å². The van der Waals surface area contributed by atoms with Crippen molar-refractivity contribution < 1.29 is 4.74 Å². The lowest BCUT2D eigenvalue weighted by atomic mass is 10.1. The minimum absolute atomic E-state index is 0. The second kappa shape index (κ2) is 7.69. The van der Waals surface area contributed by atoms with Gasteiger partial charge in [0.1, 0.15) is 0 Å². The summed E-state index contributed by atoms with van der Waals surface area (Å²) in [7, 11) is 1.83. The fourth-order valence-electron chi connectivity index (χ4n) is 2.43. The van der Waals surface area contributed by atoms with Crippen LogP contribution >= 0.6 is 24.8 Å². The Morgan fingerprint density at radius 3 is 2.27 bits per heavy atom. The summed E-state index contributed by atoms with van der Waals surface area (Å²) in [4.78, 5) is 2.62. The molecule has 0 aromatic heterocycles. The van der Waals surface area contributed by atoms with Gasteiger partial charge in [-0.3, -0.25) is 4.90 Å². The van der Waals surface area contributed by atoms with Gasteiger partial charge in [0.15, 0.2) is 0 Å². The van der Waals surface area contributed by atoms with Gasteiger partial charge < -0.3 is 10.1 Å². The van der Waals surface area contributed by atoms with Gasteiger partial charge in [-0.2, -0.15) is 0 Å². The molecule has 2 rings (SSSR count). The smallest absolute Gasteiger partial charge is 0.0595 e. The lowest BCUT2D eigenvalue weighted by molar-refractivity contribution is 0.0299. The monoisotopic (exact) mass is 256 g/mol. The molecule has 0 aromatic carbocycles. The molecule has 92 valence electrons. The Morgan fingerprint density at radius 2 is 1.80 bits per heavy atom. The summed E-state index contributed by atoms with van der Waals surface area (Å²) in [5.74, 6) is 0. The Morgan fingerprint density at radius 1 is 1.13 bits per heavy atom. The zero-order valence-electron chi connectivity index (χ0n) is 9.28. The largest absolute Gasteiger partial charge is 0.381 e. The SMILES string of the molecule is COC1CCN(C2CCNC2)CC1.Cl.Cl. The Kier molecular flexibility index (Phi) is 7.92. The average Bonchev–Trinajstić information content (AvgIpc) is 2.71. The quantitative estimate of drug-likeness (QED) is 0.807. The second-order valence-corrected chi connectivity index (χ2v) is 4.12. The van der Waals surface area contributed by atoms with Gasteiger partial charge in [0.05, 0.1) is 6.10 Å². The molecule has 0 amide bonds. The molecule has 2 aliphatic heterocycles. The number of likely N-dealkylation sites (tertiary alicyclic amines) is 1. The molecule has 1 N–H and O–H groups in total. The molecule has 3 nitrogen and oxygen atoms in total. The first-order valence-corrected chi connectivity index (χ1v) is 5.37. The fraction of sp³-hybridized carbons (Fsp3) is 1.00. The lowest BCUT2D eigenvalue weighted by Gasteiger charge is -2.35. The summed E-state index contributed by atoms with van der Waals surface area (Å²) >= 11 is 0. The molecular formula is C10H22Cl2N2O. The molecule has 0 saturated carbocycles. The first-order valence-electron chi connectivity index (χ1n) is 5.37. The Labute approximate surface area is 105 Å². The normalized spacial score (nSPS) is 28.2. The van der Waals surface area contributed by atoms with E-state index in [1.165, 1.54) is 45.4 Å². The molecule has 2 saturated heterocycles. The van der Waals surface area contributed by atoms with Crippen LogP contribution in [0.3, 0.4) is 0 Å². The fourth-order valence-corrected chi connectivity index (χ4v) is 2.43. The van der Waals surface area contributed by atoms with Crippen LogP contribution in [0.1, 0.15) is 19.3 Å². The van der Waals surface area contributed by atoms with Crippen LogP contribution in [-0.2, 0) is 4.74 Å². The Hall–Kier alpha value is 0.460. The molecule has 0 bridgehead atoms. The molecule has 0 radical (unpaired) electrons. The molecule has 2 aliphatic rings. The number of piperidine rings is 1. The third-order valence-corrected chi connectivity index (χ3v) is 3.36. The van der Waals surface area contributed by atoms with E-state index in [0.717, 1.165) is 6.04 Å². The van der Waals surface area contributed by atoms with E-state index in [1.54, 1.807) is 0 Å². The van der Waals surface area contributed by atoms with E-state index in [9.17, 15) is 0 Å². The Bertz CT molecular complexity index is 158. The number of hydrogen-bond donors (Lipinski definition) is 1. The van der Waals surface area contributed by atoms with Crippen molar-refractivity contribution in [2.24, 2.45) is 0 Å². The highest BCUT2D eigenvalue weighted by atomic mass is 35.5. The minimum Gasteiger partial charge on any atom is -0.381 e. The van der Waals surface area contributed by atoms with E-state index in [0.29, 0.717) is 6.10 Å². The van der Waals surface area contributed by atoms with Crippen LogP contribution in [0.25, 0.3) is 0 Å². The number of ether oxygens (including phenoxy) is 1. The first-order chi connectivity index (χ1) is 6.40. The Balaban J connectivity index is 0.000000980. The topological polar surface area (TPSA) is 24.5 Å². The summed E-state index contributed by atoms with van der Waals surface area (Å²) < 4.78 is 5.36. The number of hydrogen-bond acceptors (Lipinski definition) is 3. The summed E-state index contributed by atoms with van der Waals surface area (Å²) in [5, 5.41) is 3.42. The molecule has 1 atom stereocenters. The molecule has 2 fully saturated rings. The maximum atomic E-state index is 5.36. The van der Waals surface area contributed by atoms with Crippen molar-refractivity contribution in [3.8, 4) is 0 Å². The molecule has 5 heteroatoms. The highest BCUT2D eigenvalue weighted by Gasteiger charge is 2.26. The van der Waals surface area contributed by atoms with E-state index < -0.39 is 0 Å². The van der Waals surface area contributed by atoms with Crippen LogP contribution in [-0.4, -0.2) is 50.3 Å². The molecule has 0 aromatic rings. The molecule has 0 aliphatic carbocycles. The van der Waals surface area contributed by atoms with Crippen LogP contribution in [0.15, 0.2) is 0 Å². The van der Waals surface area contributed by atoms with Crippen molar-refractivity contribution in [3.63, 3.8) is 0 Å². The molecular weight excluding hydrogens is 235 g/mol. The highest BCUT2D eigenvalue weighted by molar-refractivity contribution is 5.85. The van der Waals surface area contributed by atoms with Gasteiger partial charge in [0.2, 0.25) is 0 Å². The number of nitrogens with zero attached hydrogens (tertiary/aromatic N) is 1. The van der Waals surface area contributed by atoms with Crippen LogP contribution < -0.4 is 5.32 Å². The van der Waals surface area contributed by atoms with Crippen molar-refractivity contribution in [3.05, 3.63) is 0 Å². The van der Waals surface area contributed by atoms with E-state index >= 15 is 0 Å². The van der Waals surface area contributed by atoms with Crippen molar-refractivity contribution in [2.75, 3.05) is 33.3 Å². The summed E-state index contributed by atoms with van der Waals surface area (Å²) in [6.45, 7) is 4.85. The van der Waals surface area contributed by atoms with E-state index in [2.05, 4.69) is 10.2 Å². The lowest BCUT2D eigenvalue weighted by Crippen LogP contribution is -2.44. The molecule has 2 heterocycles. The predicted molar refractivity (Wildman–Crippen MR) is 67.4 cm³/mol. The molecule has 15 heavy (non-hydrogen) atoms. The van der Waals surface area contributed by atoms with E-state index in [4.69, 9.17) is 4.74 Å². The van der Waals surface area contributed by atoms with Crippen molar-refractivity contribution >= 4 is 24.8 Å². The molecule has 1 unspecified atom stereocenters. The zero-order chi connectivity index (χ0) is 9.10. The van der Waals surface area contributed by atoms with Gasteiger partial charge in [-0.1, -0.05) is 0 Å². The van der Waals surface area contributed by atoms with Crippen LogP contribution in [0.5, 0.6) is 0 Å². The van der Waals surface area contributed by atoms with Gasteiger partial charge in [0, 0.05) is 32.8 Å². The van der Waals surface area contributed by atoms with Crippen molar-refractivity contribution in [1.82, 2.24) is 10.2 Å². The van der Waals surface area contributed by atoms with E-state index in [-0.39, 0.29) is 24.8 Å². The zero-order valence-corrected chi connectivity index (χ0v) is 10.9. The third-order valence-electron chi connectivity index (χ3n) is 3.36. The summed E-state index contributed by atoms with van der Waals surface area (Å²) in [6, 6.07) is 0.804. The van der Waals surface area contributed by atoms with Gasteiger partial charge in [-0.15, -0.1) is 24.8 Å². The van der Waals surface area contributed by atoms with Gasteiger partial charge in [0.25, 0.3) is 0 Å². The van der Waals surface area contributed by atoms with Crippen LogP contribution in [0, 0.1) is 0 Å². The average molecular weight is 257 g/mol. The summed E-state index contributed by atoms with van der Waals surface area (Å²) in [5.41, 5.74) is 0. The highest BCUT2D eigenvalue weighted by Crippen LogP contribution is 2.17. The number of methoxy groups -OCH3 is 1. The molecule has 0 spiro atoms. The van der Waals surface area contributed by atoms with Crippen LogP contribution in [0.4, 0.5) is 0 Å². The number of halogens is 2.